The molecule has 0 spiro atoms. The van der Waals surface area contributed by atoms with Gasteiger partial charge in [0, 0.05) is 51.1 Å². The summed E-state index contributed by atoms with van der Waals surface area (Å²) in [7, 11) is 6.62. The molecule has 12 nitrogen and oxygen atoms in total. The Bertz CT molecular complexity index is 1220. The number of hydrogen-bond donors (Lipinski definition) is 4. The van der Waals surface area contributed by atoms with Gasteiger partial charge in [0.15, 0.2) is 6.10 Å². The van der Waals surface area contributed by atoms with Crippen molar-refractivity contribution >= 4 is 23.8 Å². The van der Waals surface area contributed by atoms with E-state index in [1.54, 1.807) is 39.3 Å². The van der Waals surface area contributed by atoms with E-state index in [1.807, 2.05) is 40.0 Å². The van der Waals surface area contributed by atoms with Crippen LogP contribution in [0, 0.1) is 11.8 Å². The highest BCUT2D eigenvalue weighted by Gasteiger charge is 2.30. The first-order chi connectivity index (χ1) is 21.8. The van der Waals surface area contributed by atoms with Crippen LogP contribution in [0.3, 0.4) is 0 Å². The Morgan fingerprint density at radius 1 is 1.13 bits per heavy atom. The number of amides is 3. The Balaban J connectivity index is 2.48. The van der Waals surface area contributed by atoms with Gasteiger partial charge < -0.3 is 45.3 Å². The lowest BCUT2D eigenvalue weighted by molar-refractivity contribution is -0.112. The number of nitrogens with one attached hydrogen (secondary N) is 2. The summed E-state index contributed by atoms with van der Waals surface area (Å²) in [6.45, 7) is 8.74. The highest BCUT2D eigenvalue weighted by molar-refractivity contribution is 6.03. The van der Waals surface area contributed by atoms with Crippen LogP contribution in [0.5, 0.6) is 5.75 Å². The number of anilines is 1. The Kier molecular flexibility index (Phi) is 16.2. The third kappa shape index (κ3) is 12.4. The van der Waals surface area contributed by atoms with E-state index in [9.17, 15) is 19.5 Å². The van der Waals surface area contributed by atoms with Gasteiger partial charge in [0.25, 0.3) is 5.91 Å². The Morgan fingerprint density at radius 2 is 1.83 bits per heavy atom. The lowest BCUT2D eigenvalue weighted by Gasteiger charge is -2.30. The SMILES string of the molecule is CNCCCN(C)C(=O)Oc1cc2cc(c1)NC(=O)/C(C)=C/CC[C@H](OC)[C@@H](OC(N)=O)/C(C)=C/[C@H](C)[C@@H](O)[C@@H](OC)C[C@H](C)C2. The number of benzene rings is 1. The largest absolute Gasteiger partial charge is 0.439 e. The molecule has 0 saturated heterocycles. The lowest BCUT2D eigenvalue weighted by Crippen LogP contribution is -2.37. The molecule has 3 amide bonds. The van der Waals surface area contributed by atoms with Gasteiger partial charge >= 0.3 is 12.2 Å². The molecular formula is C34H54N4O8. The molecule has 1 aliphatic heterocycles. The fraction of sp³-hybridized carbons (Fsp3) is 0.618. The Hall–Kier alpha value is -3.45. The van der Waals surface area contributed by atoms with Crippen molar-refractivity contribution in [1.29, 1.82) is 0 Å². The van der Waals surface area contributed by atoms with Crippen LogP contribution in [0.1, 0.15) is 58.9 Å². The van der Waals surface area contributed by atoms with Crippen LogP contribution in [-0.4, -0.2) is 93.9 Å². The summed E-state index contributed by atoms with van der Waals surface area (Å²) < 4.78 is 22.6. The lowest BCUT2D eigenvalue weighted by atomic mass is 9.88. The quantitative estimate of drug-likeness (QED) is 0.237. The number of carbonyl (C=O) groups excluding carboxylic acids is 3. The predicted molar refractivity (Wildman–Crippen MR) is 178 cm³/mol. The van der Waals surface area contributed by atoms with Gasteiger partial charge in [-0.1, -0.05) is 26.0 Å². The first-order valence-electron chi connectivity index (χ1n) is 15.9. The van der Waals surface area contributed by atoms with Crippen LogP contribution in [0.25, 0.3) is 0 Å². The van der Waals surface area contributed by atoms with E-state index >= 15 is 0 Å². The van der Waals surface area contributed by atoms with E-state index in [-0.39, 0.29) is 17.7 Å². The van der Waals surface area contributed by atoms with Crippen LogP contribution < -0.4 is 21.1 Å². The van der Waals surface area contributed by atoms with Crippen LogP contribution in [-0.2, 0) is 25.4 Å². The molecule has 12 heteroatoms. The van der Waals surface area contributed by atoms with Crippen LogP contribution >= 0.6 is 0 Å². The predicted octanol–water partition coefficient (Wildman–Crippen LogP) is 4.41. The summed E-state index contributed by atoms with van der Waals surface area (Å²) in [6.07, 6.45) is 2.27. The highest BCUT2D eigenvalue weighted by Crippen LogP contribution is 2.28. The van der Waals surface area contributed by atoms with Gasteiger partial charge in [-0.25, -0.2) is 9.59 Å². The maximum absolute atomic E-state index is 13.2. The summed E-state index contributed by atoms with van der Waals surface area (Å²) in [5, 5.41) is 17.3. The normalized spacial score (nSPS) is 27.4. The molecule has 2 rings (SSSR count). The average Bonchev–Trinajstić information content (AvgIpc) is 2.99. The van der Waals surface area contributed by atoms with Crippen molar-refractivity contribution in [1.82, 2.24) is 10.2 Å². The molecular weight excluding hydrogens is 592 g/mol. The Morgan fingerprint density at radius 3 is 2.46 bits per heavy atom. The molecule has 1 aliphatic rings. The molecule has 5 N–H and O–H groups in total. The monoisotopic (exact) mass is 646 g/mol. The number of aliphatic hydroxyl groups excluding tert-OH is 1. The number of nitrogens with zero attached hydrogens (tertiary/aromatic N) is 1. The highest BCUT2D eigenvalue weighted by atomic mass is 16.6. The number of allylic oxidation sites excluding steroid dienone is 1. The molecule has 1 heterocycles. The van der Waals surface area contributed by atoms with Gasteiger partial charge in [0.2, 0.25) is 0 Å². The average molecular weight is 647 g/mol. The van der Waals surface area contributed by atoms with E-state index in [4.69, 9.17) is 24.7 Å². The van der Waals surface area contributed by atoms with Crippen LogP contribution in [0.2, 0.25) is 0 Å². The molecule has 0 unspecified atom stereocenters. The molecule has 1 aromatic rings. The van der Waals surface area contributed by atoms with Crippen molar-refractivity contribution in [3.05, 3.63) is 47.1 Å². The summed E-state index contributed by atoms with van der Waals surface area (Å²) >= 11 is 0. The minimum Gasteiger partial charge on any atom is -0.439 e. The second kappa shape index (κ2) is 19.3. The molecule has 0 saturated carbocycles. The second-order valence-electron chi connectivity index (χ2n) is 12.2. The zero-order chi connectivity index (χ0) is 34.4. The molecule has 46 heavy (non-hydrogen) atoms. The fourth-order valence-corrected chi connectivity index (χ4v) is 5.64. The van der Waals surface area contributed by atoms with Gasteiger partial charge in [-0.2, -0.15) is 0 Å². The van der Waals surface area contributed by atoms with E-state index in [0.717, 1.165) is 18.5 Å². The summed E-state index contributed by atoms with van der Waals surface area (Å²) in [5.74, 6) is -0.294. The van der Waals surface area contributed by atoms with Gasteiger partial charge in [0.05, 0.1) is 18.3 Å². The molecule has 258 valence electrons. The molecule has 0 aromatic heterocycles. The van der Waals surface area contributed by atoms with Gasteiger partial charge in [-0.3, -0.25) is 4.79 Å². The third-order valence-corrected chi connectivity index (χ3v) is 8.22. The zero-order valence-corrected chi connectivity index (χ0v) is 28.6. The number of ether oxygens (including phenoxy) is 4. The molecule has 2 bridgehead atoms. The number of methoxy groups -OCH3 is 2. The first-order valence-corrected chi connectivity index (χ1v) is 15.9. The number of hydrogen-bond acceptors (Lipinski definition) is 9. The third-order valence-electron chi connectivity index (χ3n) is 8.22. The van der Waals surface area contributed by atoms with E-state index in [0.29, 0.717) is 54.8 Å². The van der Waals surface area contributed by atoms with Crippen molar-refractivity contribution in [2.45, 2.75) is 84.2 Å². The van der Waals surface area contributed by atoms with Crippen molar-refractivity contribution in [2.75, 3.05) is 46.7 Å². The zero-order valence-electron chi connectivity index (χ0n) is 28.6. The summed E-state index contributed by atoms with van der Waals surface area (Å²) in [5.41, 5.74) is 7.91. The number of nitrogens with two attached hydrogens (primary N) is 1. The maximum atomic E-state index is 13.2. The minimum atomic E-state index is -0.937. The van der Waals surface area contributed by atoms with E-state index in [1.165, 1.54) is 12.0 Å². The topological polar surface area (TPSA) is 162 Å². The van der Waals surface area contributed by atoms with E-state index in [2.05, 4.69) is 10.6 Å². The van der Waals surface area contributed by atoms with Gasteiger partial charge in [-0.05, 0) is 88.7 Å². The first kappa shape index (κ1) is 38.7. The smallest absolute Gasteiger partial charge is 0.414 e. The van der Waals surface area contributed by atoms with Crippen molar-refractivity contribution in [2.24, 2.45) is 17.6 Å². The second-order valence-corrected chi connectivity index (χ2v) is 12.2. The minimum absolute atomic E-state index is 0.0446. The molecule has 0 aliphatic carbocycles. The molecule has 0 radical (unpaired) electrons. The van der Waals surface area contributed by atoms with Crippen molar-refractivity contribution in [3.63, 3.8) is 0 Å². The number of carbonyl (C=O) groups is 3. The summed E-state index contributed by atoms with van der Waals surface area (Å²) in [6, 6.07) is 5.29. The number of fused-ring (bicyclic) bond motifs is 2. The van der Waals surface area contributed by atoms with E-state index < -0.39 is 36.6 Å². The van der Waals surface area contributed by atoms with Crippen molar-refractivity contribution in [3.8, 4) is 5.75 Å². The van der Waals surface area contributed by atoms with Crippen LogP contribution in [0.15, 0.2) is 41.5 Å². The maximum Gasteiger partial charge on any atom is 0.414 e. The number of aliphatic hydroxyl groups is 1. The Labute approximate surface area is 273 Å². The molecule has 6 atom stereocenters. The fourth-order valence-electron chi connectivity index (χ4n) is 5.64. The molecule has 1 aromatic carbocycles. The van der Waals surface area contributed by atoms with Gasteiger partial charge in [-0.15, -0.1) is 0 Å². The molecule has 0 fully saturated rings. The van der Waals surface area contributed by atoms with Gasteiger partial charge in [0.1, 0.15) is 5.75 Å². The number of rotatable bonds is 8. The number of primary amides is 1. The standard InChI is InChI=1S/C34H54N4O8/c1-21-15-25-18-26(20-27(19-25)45-34(42)38(6)14-10-13-36-5)37-32(40)22(2)11-9-12-28(43-7)31(46-33(35)41)24(4)17-23(3)30(39)29(16-21)44-8/h11,17-21,23,28-31,36,39H,9-10,12-16H2,1-8H3,(H2,35,41)(H,37,40)/b22-11+,24-17+/t21-,23+,28+,29+,30-,31+/m1/s1. The van der Waals surface area contributed by atoms with Crippen molar-refractivity contribution < 1.29 is 38.4 Å². The summed E-state index contributed by atoms with van der Waals surface area (Å²) in [4.78, 5) is 39.4. The van der Waals surface area contributed by atoms with Crippen LogP contribution in [0.4, 0.5) is 15.3 Å².